The molecule has 0 radical (unpaired) electrons. The fourth-order valence-electron chi connectivity index (χ4n) is 1.47. The molecule has 0 spiro atoms. The van der Waals surface area contributed by atoms with E-state index in [1.807, 2.05) is 24.3 Å². The van der Waals surface area contributed by atoms with Crippen LogP contribution in [0.4, 0.5) is 5.82 Å². The summed E-state index contributed by atoms with van der Waals surface area (Å²) in [7, 11) is 0. The molecule has 2 rings (SSSR count). The zero-order chi connectivity index (χ0) is 11.5. The van der Waals surface area contributed by atoms with Crippen LogP contribution in [0.2, 0.25) is 10.0 Å². The number of benzene rings is 1. The van der Waals surface area contributed by atoms with E-state index < -0.39 is 0 Å². The zero-order valence-corrected chi connectivity index (χ0v) is 9.96. The van der Waals surface area contributed by atoms with Crippen molar-refractivity contribution in [3.8, 4) is 0 Å². The molecular formula is C12H10Cl2N2. The second-order valence-corrected chi connectivity index (χ2v) is 4.29. The third-order valence-electron chi connectivity index (χ3n) is 2.30. The fourth-order valence-corrected chi connectivity index (χ4v) is 1.79. The minimum atomic E-state index is 0.550. The summed E-state index contributed by atoms with van der Waals surface area (Å²) in [4.78, 5) is 4.03. The summed E-state index contributed by atoms with van der Waals surface area (Å²) in [5, 5.41) is 1.12. The molecule has 1 aromatic carbocycles. The molecule has 4 heteroatoms. The van der Waals surface area contributed by atoms with Gasteiger partial charge in [0.05, 0.1) is 10.0 Å². The SMILES string of the molecule is Nc1ncccc1Cc1ccc(Cl)c(Cl)c1. The summed E-state index contributed by atoms with van der Waals surface area (Å²) < 4.78 is 0. The molecule has 2 N–H and O–H groups in total. The van der Waals surface area contributed by atoms with Gasteiger partial charge in [-0.3, -0.25) is 0 Å². The largest absolute Gasteiger partial charge is 0.383 e. The molecular weight excluding hydrogens is 243 g/mol. The Morgan fingerprint density at radius 3 is 2.62 bits per heavy atom. The highest BCUT2D eigenvalue weighted by Crippen LogP contribution is 2.24. The first kappa shape index (κ1) is 11.2. The average molecular weight is 253 g/mol. The van der Waals surface area contributed by atoms with E-state index in [1.165, 1.54) is 0 Å². The monoisotopic (exact) mass is 252 g/mol. The number of nitrogen functional groups attached to an aromatic ring is 1. The number of rotatable bonds is 2. The van der Waals surface area contributed by atoms with Crippen LogP contribution < -0.4 is 5.73 Å². The van der Waals surface area contributed by atoms with Gasteiger partial charge in [0.15, 0.2) is 0 Å². The molecule has 0 aliphatic rings. The van der Waals surface area contributed by atoms with Crippen molar-refractivity contribution in [3.05, 3.63) is 57.7 Å². The Morgan fingerprint density at radius 1 is 1.12 bits per heavy atom. The van der Waals surface area contributed by atoms with Crippen LogP contribution in [-0.4, -0.2) is 4.98 Å². The molecule has 1 heterocycles. The van der Waals surface area contributed by atoms with Crippen LogP contribution in [0, 0.1) is 0 Å². The summed E-state index contributed by atoms with van der Waals surface area (Å²) in [5.41, 5.74) is 7.82. The average Bonchev–Trinajstić information content (AvgIpc) is 2.27. The summed E-state index contributed by atoms with van der Waals surface area (Å²) in [6, 6.07) is 9.37. The van der Waals surface area contributed by atoms with Crippen LogP contribution in [-0.2, 0) is 6.42 Å². The molecule has 0 aliphatic heterocycles. The van der Waals surface area contributed by atoms with Crippen molar-refractivity contribution in [3.63, 3.8) is 0 Å². The van der Waals surface area contributed by atoms with E-state index in [-0.39, 0.29) is 0 Å². The van der Waals surface area contributed by atoms with Crippen molar-refractivity contribution in [2.75, 3.05) is 5.73 Å². The smallest absolute Gasteiger partial charge is 0.126 e. The second kappa shape index (κ2) is 4.73. The summed E-state index contributed by atoms with van der Waals surface area (Å²) >= 11 is 11.8. The number of halogens is 2. The summed E-state index contributed by atoms with van der Waals surface area (Å²) in [5.74, 6) is 0.550. The van der Waals surface area contributed by atoms with Crippen LogP contribution in [0.3, 0.4) is 0 Å². The van der Waals surface area contributed by atoms with E-state index in [9.17, 15) is 0 Å². The predicted octanol–water partition coefficient (Wildman–Crippen LogP) is 3.56. The van der Waals surface area contributed by atoms with Gasteiger partial charge < -0.3 is 5.73 Å². The Hall–Kier alpha value is -1.25. The molecule has 1 aromatic heterocycles. The second-order valence-electron chi connectivity index (χ2n) is 3.47. The number of hydrogen-bond donors (Lipinski definition) is 1. The first-order valence-electron chi connectivity index (χ1n) is 4.80. The Bertz CT molecular complexity index is 512. The highest BCUT2D eigenvalue weighted by molar-refractivity contribution is 6.42. The maximum Gasteiger partial charge on any atom is 0.126 e. The lowest BCUT2D eigenvalue weighted by molar-refractivity contribution is 1.15. The normalized spacial score (nSPS) is 10.4. The number of pyridine rings is 1. The van der Waals surface area contributed by atoms with Gasteiger partial charge in [-0.05, 0) is 29.3 Å². The predicted molar refractivity (Wildman–Crippen MR) is 67.9 cm³/mol. The molecule has 0 bridgehead atoms. The third kappa shape index (κ3) is 2.46. The van der Waals surface area contributed by atoms with E-state index >= 15 is 0 Å². The van der Waals surface area contributed by atoms with Gasteiger partial charge in [0.2, 0.25) is 0 Å². The summed E-state index contributed by atoms with van der Waals surface area (Å²) in [6.45, 7) is 0. The number of anilines is 1. The van der Waals surface area contributed by atoms with Crippen molar-refractivity contribution in [2.45, 2.75) is 6.42 Å². The Labute approximate surface area is 104 Å². The lowest BCUT2D eigenvalue weighted by atomic mass is 10.1. The molecule has 0 atom stereocenters. The minimum Gasteiger partial charge on any atom is -0.383 e. The Balaban J connectivity index is 2.28. The van der Waals surface area contributed by atoms with Gasteiger partial charge in [-0.1, -0.05) is 35.3 Å². The van der Waals surface area contributed by atoms with Gasteiger partial charge in [0.1, 0.15) is 5.82 Å². The molecule has 0 saturated carbocycles. The zero-order valence-electron chi connectivity index (χ0n) is 8.45. The first-order chi connectivity index (χ1) is 7.66. The lowest BCUT2D eigenvalue weighted by Gasteiger charge is -2.05. The fraction of sp³-hybridized carbons (Fsp3) is 0.0833. The van der Waals surface area contributed by atoms with Crippen molar-refractivity contribution >= 4 is 29.0 Å². The van der Waals surface area contributed by atoms with Crippen LogP contribution in [0.15, 0.2) is 36.5 Å². The molecule has 0 saturated heterocycles. The number of nitrogens with two attached hydrogens (primary N) is 1. The lowest BCUT2D eigenvalue weighted by Crippen LogP contribution is -1.97. The van der Waals surface area contributed by atoms with Crippen molar-refractivity contribution in [2.24, 2.45) is 0 Å². The highest BCUT2D eigenvalue weighted by Gasteiger charge is 2.03. The highest BCUT2D eigenvalue weighted by atomic mass is 35.5. The van der Waals surface area contributed by atoms with Gasteiger partial charge >= 0.3 is 0 Å². The van der Waals surface area contributed by atoms with Gasteiger partial charge in [-0.25, -0.2) is 4.98 Å². The molecule has 2 nitrogen and oxygen atoms in total. The van der Waals surface area contributed by atoms with Crippen molar-refractivity contribution < 1.29 is 0 Å². The Morgan fingerprint density at radius 2 is 1.94 bits per heavy atom. The third-order valence-corrected chi connectivity index (χ3v) is 3.04. The quantitative estimate of drug-likeness (QED) is 0.888. The topological polar surface area (TPSA) is 38.9 Å². The van der Waals surface area contributed by atoms with E-state index in [2.05, 4.69) is 4.98 Å². The molecule has 82 valence electrons. The van der Waals surface area contributed by atoms with Crippen molar-refractivity contribution in [1.29, 1.82) is 0 Å². The van der Waals surface area contributed by atoms with E-state index in [4.69, 9.17) is 28.9 Å². The molecule has 0 fully saturated rings. The molecule has 2 aromatic rings. The van der Waals surface area contributed by atoms with E-state index in [0.29, 0.717) is 22.3 Å². The maximum absolute atomic E-state index is 5.94. The standard InChI is InChI=1S/C12H10Cl2N2/c13-10-4-3-8(7-11(10)14)6-9-2-1-5-16-12(9)15/h1-5,7H,6H2,(H2,15,16). The van der Waals surface area contributed by atoms with E-state index in [0.717, 1.165) is 11.1 Å². The van der Waals surface area contributed by atoms with Gasteiger partial charge in [0, 0.05) is 12.6 Å². The minimum absolute atomic E-state index is 0.550. The van der Waals surface area contributed by atoms with E-state index in [1.54, 1.807) is 12.3 Å². The molecule has 0 aliphatic carbocycles. The van der Waals surface area contributed by atoms with Gasteiger partial charge in [0.25, 0.3) is 0 Å². The van der Waals surface area contributed by atoms with Crippen molar-refractivity contribution in [1.82, 2.24) is 4.98 Å². The molecule has 0 amide bonds. The molecule has 16 heavy (non-hydrogen) atoms. The first-order valence-corrected chi connectivity index (χ1v) is 5.55. The maximum atomic E-state index is 5.94. The number of aromatic nitrogens is 1. The van der Waals surface area contributed by atoms with Crippen LogP contribution in [0.25, 0.3) is 0 Å². The number of hydrogen-bond acceptors (Lipinski definition) is 2. The molecule has 0 unspecified atom stereocenters. The van der Waals surface area contributed by atoms with Crippen LogP contribution in [0.1, 0.15) is 11.1 Å². The summed E-state index contributed by atoms with van der Waals surface area (Å²) in [6.07, 6.45) is 2.38. The van der Waals surface area contributed by atoms with Crippen LogP contribution in [0.5, 0.6) is 0 Å². The Kier molecular flexibility index (Phi) is 3.32. The van der Waals surface area contributed by atoms with Gasteiger partial charge in [-0.2, -0.15) is 0 Å². The van der Waals surface area contributed by atoms with Crippen LogP contribution >= 0.6 is 23.2 Å². The number of nitrogens with zero attached hydrogens (tertiary/aromatic N) is 1. The van der Waals surface area contributed by atoms with Gasteiger partial charge in [-0.15, -0.1) is 0 Å².